The highest BCUT2D eigenvalue weighted by molar-refractivity contribution is 5.95. The van der Waals surface area contributed by atoms with Gasteiger partial charge in [0.15, 0.2) is 24.1 Å². The van der Waals surface area contributed by atoms with E-state index in [0.29, 0.717) is 22.6 Å². The van der Waals surface area contributed by atoms with Crippen molar-refractivity contribution in [1.29, 1.82) is 5.41 Å². The van der Waals surface area contributed by atoms with Gasteiger partial charge in [0.25, 0.3) is 5.91 Å². The van der Waals surface area contributed by atoms with Crippen LogP contribution in [0.2, 0.25) is 0 Å². The van der Waals surface area contributed by atoms with E-state index in [1.807, 2.05) is 13.8 Å². The van der Waals surface area contributed by atoms with Crippen LogP contribution in [0.15, 0.2) is 42.5 Å². The molecule has 0 saturated heterocycles. The second-order valence-corrected chi connectivity index (χ2v) is 6.72. The number of carbonyl (C=O) groups is 2. The Balaban J connectivity index is 2.37. The van der Waals surface area contributed by atoms with Crippen LogP contribution in [0, 0.1) is 5.41 Å². The summed E-state index contributed by atoms with van der Waals surface area (Å²) in [5.74, 6) is -0.511. The predicted octanol–water partition coefficient (Wildman–Crippen LogP) is 1.95. The molecule has 0 spiro atoms. The number of hydrogen-bond donors (Lipinski definition) is 4. The summed E-state index contributed by atoms with van der Waals surface area (Å²) in [4.78, 5) is 23.6. The molecule has 0 aliphatic carbocycles. The van der Waals surface area contributed by atoms with Gasteiger partial charge in [-0.3, -0.25) is 10.2 Å². The number of amides is 1. The molecule has 0 heterocycles. The number of primary amides is 1. The highest BCUT2D eigenvalue weighted by Gasteiger charge is 2.23. The smallest absolute Gasteiger partial charge is 0.332 e. The van der Waals surface area contributed by atoms with Crippen LogP contribution >= 0.6 is 0 Å². The number of hydrogen-bond acceptors (Lipinski definition) is 7. The number of amidine groups is 1. The van der Waals surface area contributed by atoms with Crippen LogP contribution in [0.5, 0.6) is 11.5 Å². The Bertz CT molecular complexity index is 912. The molecule has 1 atom stereocenters. The van der Waals surface area contributed by atoms with Gasteiger partial charge in [-0.1, -0.05) is 6.07 Å². The molecule has 0 aliphatic heterocycles. The molecule has 0 bridgehead atoms. The van der Waals surface area contributed by atoms with Crippen molar-refractivity contribution < 1.29 is 23.8 Å². The summed E-state index contributed by atoms with van der Waals surface area (Å²) in [6, 6.07) is 10.8. The number of esters is 1. The summed E-state index contributed by atoms with van der Waals surface area (Å²) in [6.45, 7) is 3.38. The summed E-state index contributed by atoms with van der Waals surface area (Å²) >= 11 is 0. The van der Waals surface area contributed by atoms with Crippen LogP contribution in [-0.2, 0) is 14.3 Å². The van der Waals surface area contributed by atoms with E-state index in [1.165, 1.54) is 7.11 Å². The Morgan fingerprint density at radius 1 is 1.07 bits per heavy atom. The summed E-state index contributed by atoms with van der Waals surface area (Å²) < 4.78 is 16.1. The Morgan fingerprint density at radius 3 is 2.27 bits per heavy atom. The first kappa shape index (κ1) is 22.5. The molecular weight excluding hydrogens is 388 g/mol. The summed E-state index contributed by atoms with van der Waals surface area (Å²) in [7, 11) is 1.29. The predicted molar refractivity (Wildman–Crippen MR) is 113 cm³/mol. The van der Waals surface area contributed by atoms with E-state index < -0.39 is 17.9 Å². The number of nitrogens with one attached hydrogen (secondary N) is 2. The molecule has 9 heteroatoms. The third-order valence-electron chi connectivity index (χ3n) is 3.98. The molecule has 6 N–H and O–H groups in total. The maximum atomic E-state index is 12.4. The lowest BCUT2D eigenvalue weighted by Crippen LogP contribution is -2.23. The number of nitrogens with two attached hydrogens (primary N) is 2. The van der Waals surface area contributed by atoms with Gasteiger partial charge in [-0.25, -0.2) is 4.79 Å². The topological polar surface area (TPSA) is 150 Å². The standard InChI is InChI=1S/C21H26N4O5/c1-12(2)30-16-9-6-14(10-17(16)29-11-18(22)26)19(21(27)28-3)25-15-7-4-13(5-8-15)20(23)24/h4-10,12,19,25H,11H2,1-3H3,(H2,22,26)(H3,23,24). The largest absolute Gasteiger partial charge is 0.487 e. The molecule has 0 radical (unpaired) electrons. The molecule has 9 nitrogen and oxygen atoms in total. The normalized spacial score (nSPS) is 11.5. The van der Waals surface area contributed by atoms with Crippen molar-refractivity contribution in [2.24, 2.45) is 11.5 Å². The van der Waals surface area contributed by atoms with E-state index in [0.717, 1.165) is 0 Å². The summed E-state index contributed by atoms with van der Waals surface area (Å²) in [5, 5.41) is 10.6. The van der Waals surface area contributed by atoms with Crippen molar-refractivity contribution in [3.05, 3.63) is 53.6 Å². The molecular formula is C21H26N4O5. The van der Waals surface area contributed by atoms with Gasteiger partial charge in [0, 0.05) is 11.3 Å². The quantitative estimate of drug-likeness (QED) is 0.264. The van der Waals surface area contributed by atoms with Crippen LogP contribution in [0.25, 0.3) is 0 Å². The van der Waals surface area contributed by atoms with Crippen LogP contribution in [0.1, 0.15) is 31.0 Å². The van der Waals surface area contributed by atoms with Crippen molar-refractivity contribution in [3.8, 4) is 11.5 Å². The highest BCUT2D eigenvalue weighted by atomic mass is 16.5. The zero-order valence-corrected chi connectivity index (χ0v) is 17.1. The molecule has 1 unspecified atom stereocenters. The average molecular weight is 414 g/mol. The Kier molecular flexibility index (Phi) is 7.62. The maximum Gasteiger partial charge on any atom is 0.332 e. The van der Waals surface area contributed by atoms with E-state index >= 15 is 0 Å². The molecule has 0 aliphatic rings. The van der Waals surface area contributed by atoms with E-state index in [2.05, 4.69) is 5.32 Å². The number of carbonyl (C=O) groups excluding carboxylic acids is 2. The molecule has 160 valence electrons. The fourth-order valence-electron chi connectivity index (χ4n) is 2.63. The van der Waals surface area contributed by atoms with Gasteiger partial charge in [0.2, 0.25) is 0 Å². The molecule has 2 rings (SSSR count). The lowest BCUT2D eigenvalue weighted by molar-refractivity contribution is -0.141. The van der Waals surface area contributed by atoms with Gasteiger partial charge in [-0.15, -0.1) is 0 Å². The summed E-state index contributed by atoms with van der Waals surface area (Å²) in [6.07, 6.45) is -0.124. The van der Waals surface area contributed by atoms with E-state index in [1.54, 1.807) is 42.5 Å². The first-order valence-corrected chi connectivity index (χ1v) is 9.21. The van der Waals surface area contributed by atoms with Gasteiger partial charge in [-0.2, -0.15) is 0 Å². The third-order valence-corrected chi connectivity index (χ3v) is 3.98. The van der Waals surface area contributed by atoms with Crippen molar-refractivity contribution in [2.75, 3.05) is 19.0 Å². The second kappa shape index (κ2) is 10.1. The van der Waals surface area contributed by atoms with Crippen LogP contribution in [-0.4, -0.2) is 37.5 Å². The van der Waals surface area contributed by atoms with Gasteiger partial charge >= 0.3 is 5.97 Å². The van der Waals surface area contributed by atoms with Crippen LogP contribution in [0.4, 0.5) is 5.69 Å². The Labute approximate surface area is 174 Å². The lowest BCUT2D eigenvalue weighted by atomic mass is 10.1. The maximum absolute atomic E-state index is 12.4. The first-order chi connectivity index (χ1) is 14.2. The molecule has 0 fully saturated rings. The fraction of sp³-hybridized carbons (Fsp3) is 0.286. The lowest BCUT2D eigenvalue weighted by Gasteiger charge is -2.21. The van der Waals surface area contributed by atoms with Gasteiger partial charge < -0.3 is 31.0 Å². The van der Waals surface area contributed by atoms with Gasteiger partial charge in [0.05, 0.1) is 13.2 Å². The molecule has 0 saturated carbocycles. The van der Waals surface area contributed by atoms with Gasteiger partial charge in [-0.05, 0) is 55.8 Å². The number of methoxy groups -OCH3 is 1. The number of benzene rings is 2. The monoisotopic (exact) mass is 414 g/mol. The minimum Gasteiger partial charge on any atom is -0.487 e. The first-order valence-electron chi connectivity index (χ1n) is 9.21. The molecule has 2 aromatic carbocycles. The van der Waals surface area contributed by atoms with E-state index in [4.69, 9.17) is 31.1 Å². The highest BCUT2D eigenvalue weighted by Crippen LogP contribution is 2.33. The Morgan fingerprint density at radius 2 is 1.73 bits per heavy atom. The number of nitrogen functional groups attached to an aromatic ring is 1. The number of ether oxygens (including phenoxy) is 3. The van der Waals surface area contributed by atoms with Crippen molar-refractivity contribution in [1.82, 2.24) is 0 Å². The van der Waals surface area contributed by atoms with Gasteiger partial charge in [0.1, 0.15) is 5.84 Å². The third kappa shape index (κ3) is 6.13. The second-order valence-electron chi connectivity index (χ2n) is 6.72. The van der Waals surface area contributed by atoms with Crippen molar-refractivity contribution in [2.45, 2.75) is 26.0 Å². The minimum absolute atomic E-state index is 0.0527. The Hall–Kier alpha value is -3.75. The number of rotatable bonds is 10. The zero-order valence-electron chi connectivity index (χ0n) is 17.1. The minimum atomic E-state index is -0.859. The number of anilines is 1. The average Bonchev–Trinajstić information content (AvgIpc) is 2.70. The van der Waals surface area contributed by atoms with E-state index in [9.17, 15) is 9.59 Å². The van der Waals surface area contributed by atoms with Crippen molar-refractivity contribution in [3.63, 3.8) is 0 Å². The van der Waals surface area contributed by atoms with Crippen molar-refractivity contribution >= 4 is 23.4 Å². The van der Waals surface area contributed by atoms with E-state index in [-0.39, 0.29) is 24.3 Å². The van der Waals surface area contributed by atoms with Crippen LogP contribution in [0.3, 0.4) is 0 Å². The molecule has 0 aromatic heterocycles. The molecule has 2 aromatic rings. The zero-order chi connectivity index (χ0) is 22.3. The summed E-state index contributed by atoms with van der Waals surface area (Å²) in [5.41, 5.74) is 12.4. The fourth-order valence-corrected chi connectivity index (χ4v) is 2.63. The molecule has 1 amide bonds. The van der Waals surface area contributed by atoms with Crippen LogP contribution < -0.4 is 26.3 Å². The SMILES string of the molecule is COC(=O)C(Nc1ccc(C(=N)N)cc1)c1ccc(OC(C)C)c(OCC(N)=O)c1. The molecule has 30 heavy (non-hydrogen) atoms.